The third-order valence-electron chi connectivity index (χ3n) is 1.09. The van der Waals surface area contributed by atoms with Crippen LogP contribution in [-0.4, -0.2) is 36.3 Å². The molecule has 0 amide bonds. The quantitative estimate of drug-likeness (QED) is 0.519. The molecule has 0 aromatic carbocycles. The Labute approximate surface area is 57.1 Å². The summed E-state index contributed by atoms with van der Waals surface area (Å²) in [6, 6.07) is 0. The molecule has 5 heteroatoms. The Morgan fingerprint density at radius 2 is 2.40 bits per heavy atom. The molecule has 5 nitrogen and oxygen atoms in total. The first-order valence-corrected chi connectivity index (χ1v) is 2.77. The molecule has 10 heavy (non-hydrogen) atoms. The largest absolute Gasteiger partial charge is 0.479 e. The highest BCUT2D eigenvalue weighted by molar-refractivity contribution is 5.98. The van der Waals surface area contributed by atoms with Crippen molar-refractivity contribution in [3.63, 3.8) is 0 Å². The maximum absolute atomic E-state index is 10.2. The van der Waals surface area contributed by atoms with Crippen LogP contribution in [0.1, 0.15) is 0 Å². The lowest BCUT2D eigenvalue weighted by Gasteiger charge is -2.20. The number of nitrogens with one attached hydrogen (secondary N) is 1. The van der Waals surface area contributed by atoms with E-state index in [4.69, 9.17) is 15.3 Å². The Kier molecular flexibility index (Phi) is 1.86. The molecule has 1 atom stereocenters. The SMILES string of the molecule is N=C1OCCOC1C(=O)O. The van der Waals surface area contributed by atoms with E-state index in [1.165, 1.54) is 0 Å². The first kappa shape index (κ1) is 7.01. The highest BCUT2D eigenvalue weighted by atomic mass is 16.6. The lowest BCUT2D eigenvalue weighted by Crippen LogP contribution is -2.39. The predicted octanol–water partition coefficient (Wildman–Crippen LogP) is -0.536. The first-order valence-electron chi connectivity index (χ1n) is 2.77. The molecule has 0 aromatic rings. The molecule has 0 radical (unpaired) electrons. The second kappa shape index (κ2) is 2.66. The van der Waals surface area contributed by atoms with Gasteiger partial charge in [0, 0.05) is 0 Å². The fraction of sp³-hybridized carbons (Fsp3) is 0.600. The minimum atomic E-state index is -1.20. The summed E-state index contributed by atoms with van der Waals surface area (Å²) in [5.74, 6) is -1.50. The minimum absolute atomic E-state index is 0.235. The van der Waals surface area contributed by atoms with E-state index in [1.54, 1.807) is 0 Å². The van der Waals surface area contributed by atoms with E-state index in [0.717, 1.165) is 0 Å². The highest BCUT2D eigenvalue weighted by Gasteiger charge is 2.28. The van der Waals surface area contributed by atoms with Crippen molar-refractivity contribution in [1.29, 1.82) is 5.41 Å². The summed E-state index contributed by atoms with van der Waals surface area (Å²) >= 11 is 0. The van der Waals surface area contributed by atoms with E-state index < -0.39 is 12.1 Å². The predicted molar refractivity (Wildman–Crippen MR) is 31.1 cm³/mol. The van der Waals surface area contributed by atoms with Gasteiger partial charge in [-0.2, -0.15) is 0 Å². The third-order valence-corrected chi connectivity index (χ3v) is 1.09. The van der Waals surface area contributed by atoms with Gasteiger partial charge in [0.2, 0.25) is 12.0 Å². The summed E-state index contributed by atoms with van der Waals surface area (Å²) in [4.78, 5) is 10.2. The molecule has 1 fully saturated rings. The van der Waals surface area contributed by atoms with Crippen molar-refractivity contribution in [3.8, 4) is 0 Å². The summed E-state index contributed by atoms with van der Waals surface area (Å²) < 4.78 is 9.33. The van der Waals surface area contributed by atoms with E-state index in [2.05, 4.69) is 4.74 Å². The molecule has 0 saturated carbocycles. The van der Waals surface area contributed by atoms with Gasteiger partial charge in [0.15, 0.2) is 0 Å². The van der Waals surface area contributed by atoms with Crippen LogP contribution >= 0.6 is 0 Å². The molecule has 1 saturated heterocycles. The molecule has 1 rings (SSSR count). The smallest absolute Gasteiger partial charge is 0.342 e. The van der Waals surface area contributed by atoms with Crippen LogP contribution in [0.4, 0.5) is 0 Å². The highest BCUT2D eigenvalue weighted by Crippen LogP contribution is 2.02. The van der Waals surface area contributed by atoms with Gasteiger partial charge in [-0.15, -0.1) is 0 Å². The second-order valence-electron chi connectivity index (χ2n) is 1.80. The zero-order valence-corrected chi connectivity index (χ0v) is 5.16. The van der Waals surface area contributed by atoms with Crippen LogP contribution in [0.25, 0.3) is 0 Å². The Morgan fingerprint density at radius 1 is 1.70 bits per heavy atom. The maximum atomic E-state index is 10.2. The van der Waals surface area contributed by atoms with Crippen LogP contribution in [0, 0.1) is 5.41 Å². The monoisotopic (exact) mass is 145 g/mol. The molecule has 0 bridgehead atoms. The lowest BCUT2D eigenvalue weighted by molar-refractivity contribution is -0.149. The Bertz CT molecular complexity index is 167. The molecule has 1 unspecified atom stereocenters. The number of carboxylic acids is 1. The molecule has 1 aliphatic rings. The van der Waals surface area contributed by atoms with Crippen molar-refractivity contribution in [1.82, 2.24) is 0 Å². The summed E-state index contributed by atoms with van der Waals surface area (Å²) in [7, 11) is 0. The van der Waals surface area contributed by atoms with E-state index >= 15 is 0 Å². The number of hydrogen-bond acceptors (Lipinski definition) is 4. The zero-order chi connectivity index (χ0) is 7.56. The number of rotatable bonds is 1. The second-order valence-corrected chi connectivity index (χ2v) is 1.80. The summed E-state index contributed by atoms with van der Waals surface area (Å²) in [5, 5.41) is 15.3. The fourth-order valence-corrected chi connectivity index (χ4v) is 0.652. The van der Waals surface area contributed by atoms with Crippen LogP contribution in [0.3, 0.4) is 0 Å². The number of hydrogen-bond donors (Lipinski definition) is 2. The minimum Gasteiger partial charge on any atom is -0.479 e. The van der Waals surface area contributed by atoms with Crippen molar-refractivity contribution >= 4 is 11.9 Å². The zero-order valence-electron chi connectivity index (χ0n) is 5.16. The molecular formula is C5H7NO4. The molecule has 56 valence electrons. The summed E-state index contributed by atoms with van der Waals surface area (Å²) in [6.07, 6.45) is -1.20. The Balaban J connectivity index is 2.56. The Morgan fingerprint density at radius 3 is 2.80 bits per heavy atom. The van der Waals surface area contributed by atoms with Crippen molar-refractivity contribution in [2.75, 3.05) is 13.2 Å². The van der Waals surface area contributed by atoms with E-state index in [1.807, 2.05) is 0 Å². The van der Waals surface area contributed by atoms with Gasteiger partial charge in [-0.05, 0) is 0 Å². The van der Waals surface area contributed by atoms with Gasteiger partial charge in [0.25, 0.3) is 0 Å². The third kappa shape index (κ3) is 1.24. The molecule has 2 N–H and O–H groups in total. The van der Waals surface area contributed by atoms with Gasteiger partial charge in [0.1, 0.15) is 6.61 Å². The van der Waals surface area contributed by atoms with Gasteiger partial charge in [-0.1, -0.05) is 0 Å². The molecular weight excluding hydrogens is 138 g/mol. The topological polar surface area (TPSA) is 79.6 Å². The van der Waals surface area contributed by atoms with Crippen LogP contribution in [0.15, 0.2) is 0 Å². The van der Waals surface area contributed by atoms with Gasteiger partial charge in [-0.25, -0.2) is 4.79 Å². The van der Waals surface area contributed by atoms with Crippen LogP contribution in [0.2, 0.25) is 0 Å². The van der Waals surface area contributed by atoms with Crippen molar-refractivity contribution in [2.24, 2.45) is 0 Å². The number of ether oxygens (including phenoxy) is 2. The molecule has 0 aliphatic carbocycles. The molecule has 1 heterocycles. The normalized spacial score (nSPS) is 25.6. The lowest BCUT2D eigenvalue weighted by atomic mass is 10.3. The van der Waals surface area contributed by atoms with Gasteiger partial charge in [0.05, 0.1) is 6.61 Å². The van der Waals surface area contributed by atoms with Gasteiger partial charge < -0.3 is 14.6 Å². The average molecular weight is 145 g/mol. The van der Waals surface area contributed by atoms with Crippen LogP contribution in [-0.2, 0) is 14.3 Å². The summed E-state index contributed by atoms with van der Waals surface area (Å²) in [5.41, 5.74) is 0. The maximum Gasteiger partial charge on any atom is 0.342 e. The number of aliphatic carboxylic acids is 1. The standard InChI is InChI=1S/C5H7NO4/c6-4-3(5(7)8)9-1-2-10-4/h3,6H,1-2H2,(H,7,8). The molecule has 0 aromatic heterocycles. The van der Waals surface area contributed by atoms with E-state index in [0.29, 0.717) is 0 Å². The number of carboxylic acid groups (broad SMARTS) is 1. The van der Waals surface area contributed by atoms with Crippen LogP contribution in [0.5, 0.6) is 0 Å². The van der Waals surface area contributed by atoms with Crippen molar-refractivity contribution < 1.29 is 19.4 Å². The van der Waals surface area contributed by atoms with E-state index in [-0.39, 0.29) is 19.1 Å². The van der Waals surface area contributed by atoms with Crippen molar-refractivity contribution in [3.05, 3.63) is 0 Å². The summed E-state index contributed by atoms with van der Waals surface area (Å²) in [6.45, 7) is 0.502. The van der Waals surface area contributed by atoms with Gasteiger partial charge >= 0.3 is 5.97 Å². The molecule has 1 aliphatic heterocycles. The average Bonchev–Trinajstić information content (AvgIpc) is 1.88. The van der Waals surface area contributed by atoms with Crippen molar-refractivity contribution in [2.45, 2.75) is 6.10 Å². The Hall–Kier alpha value is -1.10. The fourth-order valence-electron chi connectivity index (χ4n) is 0.652. The van der Waals surface area contributed by atoms with Crippen LogP contribution < -0.4 is 0 Å². The van der Waals surface area contributed by atoms with E-state index in [9.17, 15) is 4.79 Å². The van der Waals surface area contributed by atoms with Gasteiger partial charge in [-0.3, -0.25) is 5.41 Å². The number of carbonyl (C=O) groups is 1. The molecule has 0 spiro atoms. The first-order chi connectivity index (χ1) is 4.72.